The fourth-order valence-corrected chi connectivity index (χ4v) is 3.18. The second-order valence-corrected chi connectivity index (χ2v) is 7.23. The van der Waals surface area contributed by atoms with Crippen LogP contribution in [-0.4, -0.2) is 52.3 Å². The quantitative estimate of drug-likeness (QED) is 0.710. The number of hydrogen-bond acceptors (Lipinski definition) is 4. The van der Waals surface area contributed by atoms with Gasteiger partial charge in [0.25, 0.3) is 11.8 Å². The van der Waals surface area contributed by atoms with E-state index in [4.69, 9.17) is 4.74 Å². The van der Waals surface area contributed by atoms with Crippen molar-refractivity contribution in [3.05, 3.63) is 53.3 Å². The second-order valence-electron chi connectivity index (χ2n) is 7.23. The van der Waals surface area contributed by atoms with Crippen LogP contribution in [0.4, 0.5) is 0 Å². The van der Waals surface area contributed by atoms with Gasteiger partial charge in [0, 0.05) is 38.9 Å². The van der Waals surface area contributed by atoms with Crippen molar-refractivity contribution >= 4 is 11.8 Å². The zero-order chi connectivity index (χ0) is 19.9. The summed E-state index contributed by atoms with van der Waals surface area (Å²) >= 11 is 0. The van der Waals surface area contributed by atoms with E-state index in [2.05, 4.69) is 10.4 Å². The van der Waals surface area contributed by atoms with Gasteiger partial charge >= 0.3 is 0 Å². The Morgan fingerprint density at radius 2 is 2.04 bits per heavy atom. The van der Waals surface area contributed by atoms with Crippen LogP contribution in [0.25, 0.3) is 0 Å². The van der Waals surface area contributed by atoms with Gasteiger partial charge in [-0.3, -0.25) is 14.3 Å². The van der Waals surface area contributed by atoms with E-state index in [9.17, 15) is 9.59 Å². The minimum absolute atomic E-state index is 0.0850. The van der Waals surface area contributed by atoms with Crippen LogP contribution in [0.3, 0.4) is 0 Å². The number of aromatic nitrogens is 2. The first kappa shape index (κ1) is 20.1. The van der Waals surface area contributed by atoms with Gasteiger partial charge in [-0.2, -0.15) is 5.10 Å². The molecule has 2 amide bonds. The maximum absolute atomic E-state index is 13.0. The Balaban J connectivity index is 1.61. The van der Waals surface area contributed by atoms with Gasteiger partial charge < -0.3 is 15.0 Å². The second kappa shape index (κ2) is 9.50. The summed E-state index contributed by atoms with van der Waals surface area (Å²) in [6, 6.07) is 11.5. The highest BCUT2D eigenvalue weighted by atomic mass is 16.5. The number of benzene rings is 1. The highest BCUT2D eigenvalue weighted by molar-refractivity contribution is 5.98. The first-order valence-corrected chi connectivity index (χ1v) is 9.85. The van der Waals surface area contributed by atoms with Gasteiger partial charge in [0.1, 0.15) is 5.69 Å². The Morgan fingerprint density at radius 3 is 2.79 bits per heavy atom. The minimum Gasteiger partial charge on any atom is -0.379 e. The van der Waals surface area contributed by atoms with Crippen molar-refractivity contribution in [1.82, 2.24) is 20.0 Å². The zero-order valence-corrected chi connectivity index (χ0v) is 16.6. The summed E-state index contributed by atoms with van der Waals surface area (Å²) < 4.78 is 7.12. The lowest BCUT2D eigenvalue weighted by Gasteiger charge is -2.20. The third-order valence-corrected chi connectivity index (χ3v) is 4.59. The number of ether oxygens (including phenoxy) is 1. The van der Waals surface area contributed by atoms with E-state index in [1.165, 1.54) is 0 Å². The molecule has 7 nitrogen and oxygen atoms in total. The lowest BCUT2D eigenvalue weighted by atomic mass is 10.2. The molecule has 1 aromatic heterocycles. The number of rotatable bonds is 8. The largest absolute Gasteiger partial charge is 0.379 e. The molecule has 0 fully saturated rings. The van der Waals surface area contributed by atoms with Crippen molar-refractivity contribution in [2.24, 2.45) is 0 Å². The molecule has 7 heteroatoms. The number of fused-ring (bicyclic) bond motifs is 1. The first-order chi connectivity index (χ1) is 13.5. The van der Waals surface area contributed by atoms with Crippen molar-refractivity contribution in [2.75, 3.05) is 19.7 Å². The Bertz CT molecular complexity index is 801. The molecule has 0 radical (unpaired) electrons. The zero-order valence-electron chi connectivity index (χ0n) is 16.6. The predicted octanol–water partition coefficient (Wildman–Crippen LogP) is 2.47. The average Bonchev–Trinajstić information content (AvgIpc) is 3.05. The highest BCUT2D eigenvalue weighted by Gasteiger charge is 2.26. The topological polar surface area (TPSA) is 76.5 Å². The molecule has 0 spiro atoms. The van der Waals surface area contributed by atoms with E-state index in [0.29, 0.717) is 38.5 Å². The van der Waals surface area contributed by atoms with E-state index in [1.807, 2.05) is 49.1 Å². The number of nitrogens with one attached hydrogen (secondary N) is 1. The van der Waals surface area contributed by atoms with Crippen LogP contribution < -0.4 is 5.32 Å². The van der Waals surface area contributed by atoms with E-state index < -0.39 is 0 Å². The third kappa shape index (κ3) is 5.19. The Kier molecular flexibility index (Phi) is 6.81. The molecular formula is C21H28N4O3. The molecule has 0 unspecified atom stereocenters. The smallest absolute Gasteiger partial charge is 0.272 e. The summed E-state index contributed by atoms with van der Waals surface area (Å²) in [4.78, 5) is 27.1. The fraction of sp³-hybridized carbons (Fsp3) is 0.476. The summed E-state index contributed by atoms with van der Waals surface area (Å²) in [5.74, 6) is -0.342. The molecule has 150 valence electrons. The van der Waals surface area contributed by atoms with Gasteiger partial charge in [-0.25, -0.2) is 0 Å². The van der Waals surface area contributed by atoms with Gasteiger partial charge in [-0.05, 0) is 32.3 Å². The molecule has 3 rings (SSSR count). The number of carbonyl (C=O) groups is 2. The predicted molar refractivity (Wildman–Crippen MR) is 106 cm³/mol. The summed E-state index contributed by atoms with van der Waals surface area (Å²) in [7, 11) is 0. The van der Waals surface area contributed by atoms with E-state index >= 15 is 0 Å². The van der Waals surface area contributed by atoms with Crippen molar-refractivity contribution in [1.29, 1.82) is 0 Å². The highest BCUT2D eigenvalue weighted by Crippen LogP contribution is 2.16. The van der Waals surface area contributed by atoms with Gasteiger partial charge in [0.05, 0.1) is 6.10 Å². The third-order valence-electron chi connectivity index (χ3n) is 4.59. The van der Waals surface area contributed by atoms with Crippen LogP contribution in [0.5, 0.6) is 0 Å². The SMILES string of the molecule is CC(C)OCCCNC(=O)c1cc2n(n1)CCCN(Cc1ccccc1)C2=O. The van der Waals surface area contributed by atoms with E-state index in [0.717, 1.165) is 18.4 Å². The van der Waals surface area contributed by atoms with Crippen molar-refractivity contribution in [2.45, 2.75) is 45.9 Å². The van der Waals surface area contributed by atoms with Crippen LogP contribution in [-0.2, 0) is 17.8 Å². The summed E-state index contributed by atoms with van der Waals surface area (Å²) in [5, 5.41) is 7.20. The fourth-order valence-electron chi connectivity index (χ4n) is 3.18. The van der Waals surface area contributed by atoms with Crippen LogP contribution in [0.1, 0.15) is 53.2 Å². The number of carbonyl (C=O) groups excluding carboxylic acids is 2. The lowest BCUT2D eigenvalue weighted by molar-refractivity contribution is 0.0743. The molecule has 0 saturated carbocycles. The average molecular weight is 384 g/mol. The van der Waals surface area contributed by atoms with Crippen LogP contribution in [0.2, 0.25) is 0 Å². The van der Waals surface area contributed by atoms with E-state index in [-0.39, 0.29) is 23.6 Å². The minimum atomic E-state index is -0.257. The normalized spacial score (nSPS) is 14.1. The maximum atomic E-state index is 13.0. The number of aryl methyl sites for hydroxylation is 1. The standard InChI is InChI=1S/C21H28N4O3/c1-16(2)28-13-6-10-22-20(26)18-14-19-21(27)24(11-7-12-25(19)23-18)15-17-8-4-3-5-9-17/h3-5,8-9,14,16H,6-7,10-13,15H2,1-2H3,(H,22,26). The molecule has 1 aliphatic heterocycles. The molecule has 0 aliphatic carbocycles. The van der Waals surface area contributed by atoms with Crippen molar-refractivity contribution < 1.29 is 14.3 Å². The van der Waals surface area contributed by atoms with Gasteiger partial charge in [-0.1, -0.05) is 30.3 Å². The Labute approximate surface area is 165 Å². The molecule has 1 aliphatic rings. The van der Waals surface area contributed by atoms with Crippen LogP contribution in [0.15, 0.2) is 36.4 Å². The summed E-state index contributed by atoms with van der Waals surface area (Å²) in [5.41, 5.74) is 1.85. The van der Waals surface area contributed by atoms with Gasteiger partial charge in [-0.15, -0.1) is 0 Å². The van der Waals surface area contributed by atoms with Gasteiger partial charge in [0.2, 0.25) is 0 Å². The molecule has 0 bridgehead atoms. The summed E-state index contributed by atoms with van der Waals surface area (Å²) in [6.07, 6.45) is 1.73. The molecule has 0 atom stereocenters. The number of amides is 2. The van der Waals surface area contributed by atoms with Crippen LogP contribution in [0, 0.1) is 0 Å². The van der Waals surface area contributed by atoms with Crippen LogP contribution >= 0.6 is 0 Å². The first-order valence-electron chi connectivity index (χ1n) is 9.85. The molecule has 1 aromatic carbocycles. The lowest BCUT2D eigenvalue weighted by Crippen LogP contribution is -2.30. The van der Waals surface area contributed by atoms with Crippen molar-refractivity contribution in [3.63, 3.8) is 0 Å². The molecule has 2 heterocycles. The summed E-state index contributed by atoms with van der Waals surface area (Å²) in [6.45, 7) is 6.94. The molecule has 0 saturated heterocycles. The Hall–Kier alpha value is -2.67. The number of nitrogens with zero attached hydrogens (tertiary/aromatic N) is 3. The molecular weight excluding hydrogens is 356 g/mol. The molecule has 2 aromatic rings. The van der Waals surface area contributed by atoms with E-state index in [1.54, 1.807) is 10.7 Å². The Morgan fingerprint density at radius 1 is 1.25 bits per heavy atom. The molecule has 28 heavy (non-hydrogen) atoms. The van der Waals surface area contributed by atoms with Crippen molar-refractivity contribution in [3.8, 4) is 0 Å². The number of hydrogen-bond donors (Lipinski definition) is 1. The monoisotopic (exact) mass is 384 g/mol. The van der Waals surface area contributed by atoms with Gasteiger partial charge in [0.15, 0.2) is 5.69 Å². The maximum Gasteiger partial charge on any atom is 0.272 e. The molecule has 1 N–H and O–H groups in total.